The van der Waals surface area contributed by atoms with Crippen molar-refractivity contribution >= 4 is 16.9 Å². The summed E-state index contributed by atoms with van der Waals surface area (Å²) in [7, 11) is 0. The van der Waals surface area contributed by atoms with E-state index in [4.69, 9.17) is 4.74 Å². The number of aromatic hydroxyl groups is 1. The number of hydrogen-bond acceptors (Lipinski definition) is 4. The van der Waals surface area contributed by atoms with Crippen LogP contribution in [0, 0.1) is 17.1 Å². The smallest absolute Gasteiger partial charge is 0.335 e. The maximum absolute atomic E-state index is 13.8. The number of ether oxygens (including phenoxy) is 1. The minimum atomic E-state index is -1.03. The van der Waals surface area contributed by atoms with Gasteiger partial charge in [0, 0.05) is 36.1 Å². The topological polar surface area (TPSA) is 95.5 Å². The molecule has 1 fully saturated rings. The van der Waals surface area contributed by atoms with Gasteiger partial charge in [0.15, 0.2) is 0 Å². The van der Waals surface area contributed by atoms with Gasteiger partial charge in [0.25, 0.3) is 0 Å². The first kappa shape index (κ1) is 21.7. The fourth-order valence-corrected chi connectivity index (χ4v) is 4.77. The van der Waals surface area contributed by atoms with Gasteiger partial charge in [-0.15, -0.1) is 0 Å². The minimum Gasteiger partial charge on any atom is -0.506 e. The Labute approximate surface area is 195 Å². The highest BCUT2D eigenvalue weighted by Crippen LogP contribution is 2.47. The van der Waals surface area contributed by atoms with Crippen LogP contribution in [-0.4, -0.2) is 34.0 Å². The number of hydrogen-bond donors (Lipinski definition) is 2. The summed E-state index contributed by atoms with van der Waals surface area (Å²) in [5, 5.41) is 30.6. The van der Waals surface area contributed by atoms with Gasteiger partial charge in [-0.1, -0.05) is 12.1 Å². The van der Waals surface area contributed by atoms with E-state index in [1.807, 2.05) is 10.6 Å². The first-order chi connectivity index (χ1) is 16.5. The molecule has 1 saturated heterocycles. The monoisotopic (exact) mass is 456 g/mol. The summed E-state index contributed by atoms with van der Waals surface area (Å²) >= 11 is 0. The number of aromatic nitrogens is 1. The van der Waals surface area contributed by atoms with E-state index in [2.05, 4.69) is 0 Å². The molecule has 0 spiro atoms. The molecule has 2 heterocycles. The second-order valence-corrected chi connectivity index (χ2v) is 8.31. The van der Waals surface area contributed by atoms with Crippen molar-refractivity contribution in [2.75, 3.05) is 13.2 Å². The standard InChI is InChI=1S/C27H21FN2O4/c28-20-6-8-21(9-7-20)30-22-10-5-19(15-29)26(31)24(22)23(25(30)17-11-13-34-14-12-17)16-1-3-18(4-2-16)27(32)33/h1-10,17,31H,11-14H2,(H,32,33). The van der Waals surface area contributed by atoms with E-state index in [1.165, 1.54) is 24.3 Å². The number of carbonyl (C=O) groups is 1. The van der Waals surface area contributed by atoms with Crippen molar-refractivity contribution in [3.05, 3.63) is 83.3 Å². The Morgan fingerprint density at radius 3 is 2.32 bits per heavy atom. The molecule has 0 aliphatic carbocycles. The Balaban J connectivity index is 1.90. The van der Waals surface area contributed by atoms with Crippen LogP contribution in [0.2, 0.25) is 0 Å². The van der Waals surface area contributed by atoms with Crippen LogP contribution in [0.1, 0.15) is 40.4 Å². The molecule has 6 nitrogen and oxygen atoms in total. The van der Waals surface area contributed by atoms with Crippen LogP contribution in [0.4, 0.5) is 4.39 Å². The number of phenols is 1. The van der Waals surface area contributed by atoms with Crippen molar-refractivity contribution in [2.24, 2.45) is 0 Å². The third-order valence-electron chi connectivity index (χ3n) is 6.38. The van der Waals surface area contributed by atoms with Gasteiger partial charge in [-0.2, -0.15) is 5.26 Å². The number of halogens is 1. The molecule has 34 heavy (non-hydrogen) atoms. The van der Waals surface area contributed by atoms with Gasteiger partial charge in [0.1, 0.15) is 17.6 Å². The van der Waals surface area contributed by atoms with Crippen molar-refractivity contribution in [1.29, 1.82) is 5.26 Å². The molecule has 4 aromatic rings. The summed E-state index contributed by atoms with van der Waals surface area (Å²) in [5.41, 5.74) is 4.08. The lowest BCUT2D eigenvalue weighted by Gasteiger charge is -2.26. The number of fused-ring (bicyclic) bond motifs is 1. The van der Waals surface area contributed by atoms with E-state index < -0.39 is 5.97 Å². The van der Waals surface area contributed by atoms with Gasteiger partial charge >= 0.3 is 5.97 Å². The third-order valence-corrected chi connectivity index (χ3v) is 6.38. The number of benzene rings is 3. The molecule has 1 aromatic heterocycles. The summed E-state index contributed by atoms with van der Waals surface area (Å²) in [6.07, 6.45) is 1.51. The number of phenolic OH excluding ortho intramolecular Hbond substituents is 1. The lowest BCUT2D eigenvalue weighted by atomic mass is 9.89. The highest BCUT2D eigenvalue weighted by molar-refractivity contribution is 6.04. The zero-order valence-electron chi connectivity index (χ0n) is 18.2. The molecule has 0 saturated carbocycles. The van der Waals surface area contributed by atoms with E-state index in [-0.39, 0.29) is 28.6 Å². The number of carboxylic acid groups (broad SMARTS) is 1. The summed E-state index contributed by atoms with van der Waals surface area (Å²) in [6, 6.07) is 18.0. The second-order valence-electron chi connectivity index (χ2n) is 8.31. The van der Waals surface area contributed by atoms with Crippen LogP contribution in [-0.2, 0) is 4.74 Å². The quantitative estimate of drug-likeness (QED) is 0.416. The Hall–Kier alpha value is -4.15. The van der Waals surface area contributed by atoms with Gasteiger partial charge in [-0.05, 0) is 66.9 Å². The minimum absolute atomic E-state index is 0.0743. The Morgan fingerprint density at radius 2 is 1.71 bits per heavy atom. The van der Waals surface area contributed by atoms with Crippen molar-refractivity contribution in [2.45, 2.75) is 18.8 Å². The first-order valence-electron chi connectivity index (χ1n) is 11.0. The summed E-state index contributed by atoms with van der Waals surface area (Å²) < 4.78 is 21.4. The van der Waals surface area contributed by atoms with Crippen LogP contribution in [0.3, 0.4) is 0 Å². The van der Waals surface area contributed by atoms with Crippen LogP contribution in [0.15, 0.2) is 60.7 Å². The third kappa shape index (κ3) is 3.58. The summed E-state index contributed by atoms with van der Waals surface area (Å²) in [5.74, 6) is -1.44. The molecule has 1 aliphatic heterocycles. The maximum atomic E-state index is 13.8. The fraction of sp³-hybridized carbons (Fsp3) is 0.185. The highest BCUT2D eigenvalue weighted by atomic mass is 19.1. The molecule has 0 atom stereocenters. The van der Waals surface area contributed by atoms with Crippen LogP contribution >= 0.6 is 0 Å². The molecule has 0 amide bonds. The molecular weight excluding hydrogens is 435 g/mol. The normalized spacial score (nSPS) is 14.2. The molecule has 0 bridgehead atoms. The largest absolute Gasteiger partial charge is 0.506 e. The van der Waals surface area contributed by atoms with Crippen LogP contribution in [0.5, 0.6) is 5.75 Å². The predicted molar refractivity (Wildman–Crippen MR) is 125 cm³/mol. The average Bonchev–Trinajstić information content (AvgIpc) is 3.21. The number of carboxylic acids is 1. The SMILES string of the molecule is N#Cc1ccc2c(c1O)c(-c1ccc(C(=O)O)cc1)c(C1CCOCC1)n2-c1ccc(F)cc1. The number of nitriles is 1. The van der Waals surface area contributed by atoms with Gasteiger partial charge in [-0.3, -0.25) is 0 Å². The van der Waals surface area contributed by atoms with Crippen molar-refractivity contribution in [3.63, 3.8) is 0 Å². The molecule has 2 N–H and O–H groups in total. The molecule has 3 aromatic carbocycles. The molecule has 7 heteroatoms. The zero-order valence-corrected chi connectivity index (χ0v) is 18.2. The number of nitrogens with zero attached hydrogens (tertiary/aromatic N) is 2. The molecule has 170 valence electrons. The van der Waals surface area contributed by atoms with Crippen molar-refractivity contribution < 1.29 is 24.1 Å². The molecule has 0 unspecified atom stereocenters. The Morgan fingerprint density at radius 1 is 1.03 bits per heavy atom. The lowest BCUT2D eigenvalue weighted by Crippen LogP contribution is -2.17. The van der Waals surface area contributed by atoms with Crippen LogP contribution < -0.4 is 0 Å². The zero-order chi connectivity index (χ0) is 23.8. The lowest BCUT2D eigenvalue weighted by molar-refractivity contribution is 0.0697. The van der Waals surface area contributed by atoms with Gasteiger partial charge in [0.05, 0.1) is 22.0 Å². The maximum Gasteiger partial charge on any atom is 0.335 e. The van der Waals surface area contributed by atoms with Gasteiger partial charge in [-0.25, -0.2) is 9.18 Å². The van der Waals surface area contributed by atoms with Gasteiger partial charge in [0.2, 0.25) is 0 Å². The summed E-state index contributed by atoms with van der Waals surface area (Å²) in [6.45, 7) is 1.17. The van der Waals surface area contributed by atoms with Gasteiger partial charge < -0.3 is 19.5 Å². The number of aromatic carboxylic acids is 1. The second kappa shape index (κ2) is 8.65. The Bertz CT molecular complexity index is 1430. The van der Waals surface area contributed by atoms with E-state index in [0.717, 1.165) is 35.3 Å². The molecule has 5 rings (SSSR count). The highest BCUT2D eigenvalue weighted by Gasteiger charge is 2.30. The fourth-order valence-electron chi connectivity index (χ4n) is 4.77. The van der Waals surface area contributed by atoms with E-state index in [0.29, 0.717) is 24.1 Å². The molecule has 0 radical (unpaired) electrons. The van der Waals surface area contributed by atoms with Crippen molar-refractivity contribution in [1.82, 2.24) is 4.57 Å². The van der Waals surface area contributed by atoms with E-state index >= 15 is 0 Å². The first-order valence-corrected chi connectivity index (χ1v) is 11.0. The predicted octanol–water partition coefficient (Wildman–Crippen LogP) is 5.61. The number of rotatable bonds is 4. The summed E-state index contributed by atoms with van der Waals surface area (Å²) in [4.78, 5) is 11.4. The van der Waals surface area contributed by atoms with E-state index in [9.17, 15) is 24.7 Å². The molecular formula is C27H21FN2O4. The Kier molecular flexibility index (Phi) is 5.52. The average molecular weight is 456 g/mol. The van der Waals surface area contributed by atoms with E-state index in [1.54, 1.807) is 36.4 Å². The molecule has 1 aliphatic rings. The van der Waals surface area contributed by atoms with Crippen LogP contribution in [0.25, 0.3) is 27.7 Å². The van der Waals surface area contributed by atoms with Crippen molar-refractivity contribution in [3.8, 4) is 28.6 Å².